The number of rotatable bonds is 7. The topological polar surface area (TPSA) is 61.6 Å². The van der Waals surface area contributed by atoms with Gasteiger partial charge in [0.15, 0.2) is 0 Å². The second-order valence-corrected chi connectivity index (χ2v) is 9.08. The lowest BCUT2D eigenvalue weighted by molar-refractivity contribution is 0.0931. The minimum absolute atomic E-state index is 0.0925. The van der Waals surface area contributed by atoms with Crippen LogP contribution in [0.5, 0.6) is 0 Å². The third-order valence-electron chi connectivity index (χ3n) is 6.59. The number of carbonyl (C=O) groups is 1. The van der Waals surface area contributed by atoms with Gasteiger partial charge in [0.2, 0.25) is 0 Å². The first-order chi connectivity index (χ1) is 16.0. The highest BCUT2D eigenvalue weighted by Crippen LogP contribution is 2.32. The van der Waals surface area contributed by atoms with E-state index in [0.717, 1.165) is 31.6 Å². The Labute approximate surface area is 197 Å². The van der Waals surface area contributed by atoms with Crippen molar-refractivity contribution in [1.29, 1.82) is 0 Å². The molecule has 1 aliphatic heterocycles. The predicted molar refractivity (Wildman–Crippen MR) is 137 cm³/mol. The highest BCUT2D eigenvalue weighted by Gasteiger charge is 2.27. The van der Waals surface area contributed by atoms with Crippen molar-refractivity contribution in [3.63, 3.8) is 0 Å². The van der Waals surface area contributed by atoms with Gasteiger partial charge < -0.3 is 16.0 Å². The van der Waals surface area contributed by atoms with Crippen molar-refractivity contribution < 1.29 is 4.79 Å². The molecule has 172 valence electrons. The van der Waals surface area contributed by atoms with E-state index in [1.54, 1.807) is 6.07 Å². The number of piperidine rings is 1. The minimum Gasteiger partial charge on any atom is -0.398 e. The van der Waals surface area contributed by atoms with Gasteiger partial charge in [-0.05, 0) is 61.2 Å². The molecule has 0 atom stereocenters. The van der Waals surface area contributed by atoms with E-state index >= 15 is 0 Å². The maximum absolute atomic E-state index is 12.8. The maximum Gasteiger partial charge on any atom is 0.253 e. The van der Waals surface area contributed by atoms with Crippen molar-refractivity contribution >= 4 is 17.3 Å². The zero-order chi connectivity index (χ0) is 23.2. The van der Waals surface area contributed by atoms with Gasteiger partial charge in [0, 0.05) is 32.0 Å². The first-order valence-corrected chi connectivity index (χ1v) is 11.7. The van der Waals surface area contributed by atoms with E-state index in [1.807, 2.05) is 31.1 Å². The predicted octanol–water partition coefficient (Wildman–Crippen LogP) is 4.57. The highest BCUT2D eigenvalue weighted by atomic mass is 16.1. The molecule has 5 heteroatoms. The van der Waals surface area contributed by atoms with Crippen molar-refractivity contribution in [2.75, 3.05) is 44.4 Å². The summed E-state index contributed by atoms with van der Waals surface area (Å²) in [7, 11) is 3.91. The summed E-state index contributed by atoms with van der Waals surface area (Å²) < 4.78 is 0. The molecular formula is C28H34N4O. The maximum atomic E-state index is 12.8. The Bertz CT molecular complexity index is 1000. The summed E-state index contributed by atoms with van der Waals surface area (Å²) >= 11 is 0. The summed E-state index contributed by atoms with van der Waals surface area (Å²) in [4.78, 5) is 17.4. The second kappa shape index (κ2) is 10.5. The lowest BCUT2D eigenvalue weighted by Crippen LogP contribution is -2.40. The number of nitrogens with one attached hydrogen (secondary N) is 1. The molecule has 0 bridgehead atoms. The minimum atomic E-state index is -0.0925. The first kappa shape index (κ1) is 22.9. The van der Waals surface area contributed by atoms with Crippen molar-refractivity contribution in [2.45, 2.75) is 18.9 Å². The summed E-state index contributed by atoms with van der Waals surface area (Å²) in [6.07, 6.45) is 2.12. The van der Waals surface area contributed by atoms with E-state index in [4.69, 9.17) is 5.73 Å². The summed E-state index contributed by atoms with van der Waals surface area (Å²) in [5.74, 6) is 0.376. The molecule has 5 nitrogen and oxygen atoms in total. The van der Waals surface area contributed by atoms with Crippen LogP contribution in [0.1, 0.15) is 40.4 Å². The summed E-state index contributed by atoms with van der Waals surface area (Å²) in [5, 5.41) is 3.13. The highest BCUT2D eigenvalue weighted by molar-refractivity contribution is 6.00. The van der Waals surface area contributed by atoms with E-state index in [1.165, 1.54) is 11.1 Å². The molecule has 1 amide bonds. The first-order valence-electron chi connectivity index (χ1n) is 11.7. The molecule has 1 fully saturated rings. The van der Waals surface area contributed by atoms with Gasteiger partial charge in [-0.25, -0.2) is 0 Å². The van der Waals surface area contributed by atoms with Gasteiger partial charge in [-0.3, -0.25) is 9.69 Å². The van der Waals surface area contributed by atoms with Gasteiger partial charge in [0.1, 0.15) is 0 Å². The molecule has 1 saturated heterocycles. The monoisotopic (exact) mass is 442 g/mol. The molecule has 0 aromatic heterocycles. The molecule has 0 spiro atoms. The molecule has 0 radical (unpaired) electrons. The van der Waals surface area contributed by atoms with E-state index in [2.05, 4.69) is 70.9 Å². The lowest BCUT2D eigenvalue weighted by Gasteiger charge is -2.38. The van der Waals surface area contributed by atoms with Gasteiger partial charge >= 0.3 is 0 Å². The third-order valence-corrected chi connectivity index (χ3v) is 6.59. The smallest absolute Gasteiger partial charge is 0.253 e. The Morgan fingerprint density at radius 1 is 0.970 bits per heavy atom. The van der Waals surface area contributed by atoms with Crippen molar-refractivity contribution in [2.24, 2.45) is 5.92 Å². The van der Waals surface area contributed by atoms with E-state index in [-0.39, 0.29) is 11.9 Å². The van der Waals surface area contributed by atoms with Crippen LogP contribution >= 0.6 is 0 Å². The fourth-order valence-electron chi connectivity index (χ4n) is 4.65. The second-order valence-electron chi connectivity index (χ2n) is 9.08. The Balaban J connectivity index is 1.37. The van der Waals surface area contributed by atoms with Crippen molar-refractivity contribution in [3.05, 3.63) is 95.6 Å². The molecule has 3 aromatic rings. The molecule has 0 aliphatic carbocycles. The number of nitrogens with zero attached hydrogens (tertiary/aromatic N) is 2. The third kappa shape index (κ3) is 5.55. The number of anilines is 2. The summed E-state index contributed by atoms with van der Waals surface area (Å²) in [6, 6.07) is 27.3. The number of nitrogens with two attached hydrogens (primary N) is 1. The van der Waals surface area contributed by atoms with Crippen LogP contribution in [0.4, 0.5) is 11.4 Å². The SMILES string of the molecule is CN(C)c1ccc(N)c(C(=O)NCC2CCN(C(c3ccccc3)c3ccccc3)CC2)c1. The molecule has 33 heavy (non-hydrogen) atoms. The van der Waals surface area contributed by atoms with Gasteiger partial charge in [0.25, 0.3) is 5.91 Å². The van der Waals surface area contributed by atoms with Crippen LogP contribution in [0.25, 0.3) is 0 Å². The number of likely N-dealkylation sites (tertiary alicyclic amines) is 1. The zero-order valence-corrected chi connectivity index (χ0v) is 19.6. The molecule has 0 saturated carbocycles. The van der Waals surface area contributed by atoms with Crippen LogP contribution in [-0.4, -0.2) is 44.5 Å². The van der Waals surface area contributed by atoms with Crippen LogP contribution in [0.15, 0.2) is 78.9 Å². The Morgan fingerprint density at radius 3 is 2.09 bits per heavy atom. The number of carbonyl (C=O) groups excluding carboxylic acids is 1. The summed E-state index contributed by atoms with van der Waals surface area (Å²) in [6.45, 7) is 2.69. The number of benzene rings is 3. The van der Waals surface area contributed by atoms with Crippen LogP contribution in [-0.2, 0) is 0 Å². The molecule has 1 aliphatic rings. The molecule has 1 heterocycles. The Morgan fingerprint density at radius 2 is 1.55 bits per heavy atom. The van der Waals surface area contributed by atoms with Gasteiger partial charge in [-0.15, -0.1) is 0 Å². The number of hydrogen-bond donors (Lipinski definition) is 2. The normalized spacial score (nSPS) is 14.9. The zero-order valence-electron chi connectivity index (χ0n) is 19.6. The van der Waals surface area contributed by atoms with Crippen molar-refractivity contribution in [3.8, 4) is 0 Å². The molecule has 0 unspecified atom stereocenters. The quantitative estimate of drug-likeness (QED) is 0.527. The van der Waals surface area contributed by atoms with Gasteiger partial charge in [0.05, 0.1) is 11.6 Å². The van der Waals surface area contributed by atoms with Crippen molar-refractivity contribution in [1.82, 2.24) is 10.2 Å². The fraction of sp³-hybridized carbons (Fsp3) is 0.321. The fourth-order valence-corrected chi connectivity index (χ4v) is 4.65. The van der Waals surface area contributed by atoms with E-state index in [0.29, 0.717) is 23.7 Å². The van der Waals surface area contributed by atoms with Crippen LogP contribution < -0.4 is 16.0 Å². The number of hydrogen-bond acceptors (Lipinski definition) is 4. The summed E-state index contributed by atoms with van der Waals surface area (Å²) in [5.41, 5.74) is 10.8. The Hall–Kier alpha value is -3.31. The van der Waals surface area contributed by atoms with E-state index in [9.17, 15) is 4.79 Å². The Kier molecular flexibility index (Phi) is 7.30. The molecule has 4 rings (SSSR count). The van der Waals surface area contributed by atoms with Gasteiger partial charge in [-0.1, -0.05) is 60.7 Å². The van der Waals surface area contributed by atoms with Gasteiger partial charge in [-0.2, -0.15) is 0 Å². The number of amides is 1. The molecule has 3 aromatic carbocycles. The van der Waals surface area contributed by atoms with Crippen LogP contribution in [0, 0.1) is 5.92 Å². The van der Waals surface area contributed by atoms with Crippen LogP contribution in [0.3, 0.4) is 0 Å². The largest absolute Gasteiger partial charge is 0.398 e. The average molecular weight is 443 g/mol. The van der Waals surface area contributed by atoms with Crippen LogP contribution in [0.2, 0.25) is 0 Å². The van der Waals surface area contributed by atoms with E-state index < -0.39 is 0 Å². The standard InChI is InChI=1S/C28H34N4O/c1-31(2)24-13-14-26(29)25(19-24)28(33)30-20-21-15-17-32(18-16-21)27(22-9-5-3-6-10-22)23-11-7-4-8-12-23/h3-14,19,21,27H,15-18,20,29H2,1-2H3,(H,30,33). The molecule has 3 N–H and O–H groups in total. The molecular weight excluding hydrogens is 408 g/mol. The lowest BCUT2D eigenvalue weighted by atomic mass is 9.91. The number of nitrogen functional groups attached to an aromatic ring is 1. The average Bonchev–Trinajstić information content (AvgIpc) is 2.85.